The number of benzene rings is 1. The molecule has 7 heteroatoms. The van der Waals surface area contributed by atoms with E-state index in [4.69, 9.17) is 0 Å². The Morgan fingerprint density at radius 2 is 1.96 bits per heavy atom. The second-order valence-electron chi connectivity index (χ2n) is 6.76. The molecule has 0 spiro atoms. The van der Waals surface area contributed by atoms with Gasteiger partial charge in [0, 0.05) is 12.5 Å². The van der Waals surface area contributed by atoms with E-state index in [0.717, 1.165) is 0 Å². The van der Waals surface area contributed by atoms with E-state index < -0.39 is 45.2 Å². The molecule has 0 saturated carbocycles. The van der Waals surface area contributed by atoms with Gasteiger partial charge in [-0.2, -0.15) is 0 Å². The van der Waals surface area contributed by atoms with Gasteiger partial charge in [-0.1, -0.05) is 6.07 Å². The van der Waals surface area contributed by atoms with E-state index in [1.54, 1.807) is 13.8 Å². The predicted molar refractivity (Wildman–Crippen MR) is 83.0 cm³/mol. The lowest BCUT2D eigenvalue weighted by Gasteiger charge is -2.41. The van der Waals surface area contributed by atoms with Crippen molar-refractivity contribution in [1.82, 2.24) is 4.48 Å². The van der Waals surface area contributed by atoms with Crippen LogP contribution in [0.25, 0.3) is 0 Å². The number of rotatable bonds is 2. The van der Waals surface area contributed by atoms with Gasteiger partial charge in [0.2, 0.25) is 0 Å². The third-order valence-corrected chi connectivity index (χ3v) is 5.12. The number of carbonyl (C=O) groups excluding carboxylic acids is 2. The number of quaternary nitrogens is 1. The molecule has 2 rings (SSSR count). The maximum absolute atomic E-state index is 14.8. The molecule has 1 aliphatic rings. The highest BCUT2D eigenvalue weighted by molar-refractivity contribution is 6.15. The average Bonchev–Trinajstić information content (AvgIpc) is 2.59. The van der Waals surface area contributed by atoms with Crippen LogP contribution in [0.2, 0.25) is 0 Å². The number of hydrogen-bond acceptors (Lipinski definition) is 4. The average molecular weight is 337 g/mol. The standard InChI is InChI=1S/C17H20FNO5/c1-9(2)19(16(23)24)8-7-17(4,15(21)22)14(20)12-11(19)6-5-10(3)13(12)18/h5-6,9H,7-8H2,1-4H3,(H-,21,22,23,24). The fraction of sp³-hybridized carbons (Fsp3) is 0.471. The summed E-state index contributed by atoms with van der Waals surface area (Å²) in [5, 5.41) is 21.5. The van der Waals surface area contributed by atoms with E-state index in [2.05, 4.69) is 0 Å². The summed E-state index contributed by atoms with van der Waals surface area (Å²) >= 11 is 0. The molecule has 1 aliphatic heterocycles. The summed E-state index contributed by atoms with van der Waals surface area (Å²) < 4.78 is 14.0. The summed E-state index contributed by atoms with van der Waals surface area (Å²) in [6.07, 6.45) is -1.72. The quantitative estimate of drug-likeness (QED) is 0.657. The van der Waals surface area contributed by atoms with Gasteiger partial charge in [-0.15, -0.1) is 0 Å². The Morgan fingerprint density at radius 1 is 1.38 bits per heavy atom. The van der Waals surface area contributed by atoms with Crippen molar-refractivity contribution in [1.29, 1.82) is 0 Å². The van der Waals surface area contributed by atoms with E-state index in [9.17, 15) is 29.0 Å². The summed E-state index contributed by atoms with van der Waals surface area (Å²) in [6.45, 7) is 5.70. The Labute approximate surface area is 139 Å². The van der Waals surface area contributed by atoms with Gasteiger partial charge in [-0.25, -0.2) is 8.87 Å². The van der Waals surface area contributed by atoms with Crippen LogP contribution in [-0.2, 0) is 4.79 Å². The van der Waals surface area contributed by atoms with Gasteiger partial charge in [0.25, 0.3) is 6.09 Å². The van der Waals surface area contributed by atoms with Crippen molar-refractivity contribution >= 4 is 23.5 Å². The lowest BCUT2D eigenvalue weighted by Crippen LogP contribution is -2.64. The lowest BCUT2D eigenvalue weighted by molar-refractivity contribution is -0.266. The Hall–Kier alpha value is -2.28. The number of aryl methyl sites for hydroxylation is 1. The SMILES string of the molecule is Cc1ccc2c(c1F)C(=O)C(C)(C(=O)O)CC[N+]2(C(=O)[O-])C(C)C. The molecule has 1 N–H and O–H groups in total. The molecule has 0 fully saturated rings. The Balaban J connectivity index is 2.94. The zero-order valence-corrected chi connectivity index (χ0v) is 14.1. The van der Waals surface area contributed by atoms with E-state index >= 15 is 0 Å². The topological polar surface area (TPSA) is 94.5 Å². The van der Waals surface area contributed by atoms with Gasteiger partial charge < -0.3 is 15.0 Å². The van der Waals surface area contributed by atoms with E-state index in [0.29, 0.717) is 0 Å². The van der Waals surface area contributed by atoms with Crippen LogP contribution in [0.15, 0.2) is 12.1 Å². The minimum absolute atomic E-state index is 0.0527. The number of carboxylic acid groups (broad SMARTS) is 2. The first-order valence-corrected chi connectivity index (χ1v) is 7.67. The number of aliphatic carboxylic acids is 1. The Bertz CT molecular complexity index is 745. The minimum atomic E-state index is -1.90. The number of amides is 1. The van der Waals surface area contributed by atoms with Crippen molar-refractivity contribution in [2.45, 2.75) is 40.2 Å². The van der Waals surface area contributed by atoms with Crippen LogP contribution in [-0.4, -0.2) is 35.5 Å². The van der Waals surface area contributed by atoms with Gasteiger partial charge in [0.15, 0.2) is 11.5 Å². The summed E-state index contributed by atoms with van der Waals surface area (Å²) in [7, 11) is 0. The molecule has 2 atom stereocenters. The van der Waals surface area contributed by atoms with Crippen LogP contribution in [0.3, 0.4) is 0 Å². The second kappa shape index (κ2) is 5.66. The molecular weight excluding hydrogens is 317 g/mol. The smallest absolute Gasteiger partial charge is 0.317 e. The number of ketones is 1. The lowest BCUT2D eigenvalue weighted by atomic mass is 9.79. The first kappa shape index (κ1) is 18.1. The van der Waals surface area contributed by atoms with Crippen molar-refractivity contribution in [3.63, 3.8) is 0 Å². The van der Waals surface area contributed by atoms with E-state index in [1.165, 1.54) is 26.0 Å². The number of hydrogen-bond donors (Lipinski definition) is 1. The molecule has 2 unspecified atom stereocenters. The van der Waals surface area contributed by atoms with Crippen molar-refractivity contribution in [3.8, 4) is 0 Å². The molecule has 1 aromatic rings. The number of fused-ring (bicyclic) bond motifs is 1. The van der Waals surface area contributed by atoms with Crippen LogP contribution < -0.4 is 9.59 Å². The molecule has 0 aliphatic carbocycles. The number of carboxylic acids is 1. The number of carbonyl (C=O) groups is 3. The van der Waals surface area contributed by atoms with Crippen LogP contribution in [0, 0.1) is 18.2 Å². The van der Waals surface area contributed by atoms with Gasteiger partial charge in [0.1, 0.15) is 16.8 Å². The maximum Gasteiger partial charge on any atom is 0.317 e. The van der Waals surface area contributed by atoms with E-state index in [1.807, 2.05) is 0 Å². The summed E-state index contributed by atoms with van der Waals surface area (Å²) in [5.41, 5.74) is -2.26. The number of nitrogens with zero attached hydrogens (tertiary/aromatic N) is 1. The fourth-order valence-corrected chi connectivity index (χ4v) is 3.27. The number of Topliss-reactive ketones (excluding diaryl/α,β-unsaturated/α-hetero) is 1. The fourth-order valence-electron chi connectivity index (χ4n) is 3.27. The van der Waals surface area contributed by atoms with Crippen molar-refractivity contribution in [2.75, 3.05) is 6.54 Å². The molecule has 0 radical (unpaired) electrons. The minimum Gasteiger partial charge on any atom is -0.498 e. The monoisotopic (exact) mass is 337 g/mol. The van der Waals surface area contributed by atoms with Crippen LogP contribution in [0.5, 0.6) is 0 Å². The van der Waals surface area contributed by atoms with Crippen LogP contribution in [0.1, 0.15) is 43.1 Å². The first-order chi connectivity index (χ1) is 11.0. The molecule has 1 heterocycles. The molecule has 6 nitrogen and oxygen atoms in total. The second-order valence-corrected chi connectivity index (χ2v) is 6.76. The third kappa shape index (κ3) is 2.23. The maximum atomic E-state index is 14.8. The van der Waals surface area contributed by atoms with Crippen molar-refractivity contribution in [2.24, 2.45) is 5.41 Å². The van der Waals surface area contributed by atoms with Crippen LogP contribution in [0.4, 0.5) is 14.9 Å². The third-order valence-electron chi connectivity index (χ3n) is 5.12. The van der Waals surface area contributed by atoms with Gasteiger partial charge in [-0.05, 0) is 33.3 Å². The van der Waals surface area contributed by atoms with Gasteiger partial charge in [0.05, 0.1) is 12.6 Å². The molecule has 0 saturated heterocycles. The normalized spacial score (nSPS) is 26.8. The highest BCUT2D eigenvalue weighted by Crippen LogP contribution is 2.43. The van der Waals surface area contributed by atoms with Crippen LogP contribution >= 0.6 is 0 Å². The Morgan fingerprint density at radius 3 is 2.42 bits per heavy atom. The molecule has 130 valence electrons. The highest BCUT2D eigenvalue weighted by Gasteiger charge is 2.53. The summed E-state index contributed by atoms with van der Waals surface area (Å²) in [6, 6.07) is 2.21. The first-order valence-electron chi connectivity index (χ1n) is 7.67. The summed E-state index contributed by atoms with van der Waals surface area (Å²) in [5.74, 6) is -3.19. The highest BCUT2D eigenvalue weighted by atomic mass is 19.1. The zero-order valence-electron chi connectivity index (χ0n) is 14.1. The van der Waals surface area contributed by atoms with Gasteiger partial charge >= 0.3 is 5.97 Å². The molecule has 24 heavy (non-hydrogen) atoms. The van der Waals surface area contributed by atoms with Crippen molar-refractivity contribution in [3.05, 3.63) is 29.1 Å². The molecular formula is C17H20FNO5. The molecule has 0 aromatic heterocycles. The number of halogens is 1. The van der Waals surface area contributed by atoms with E-state index in [-0.39, 0.29) is 24.2 Å². The largest absolute Gasteiger partial charge is 0.498 e. The van der Waals surface area contributed by atoms with Gasteiger partial charge in [-0.3, -0.25) is 9.59 Å². The molecule has 0 bridgehead atoms. The molecule has 1 amide bonds. The Kier molecular flexibility index (Phi) is 4.26. The molecule has 1 aromatic carbocycles. The zero-order chi connectivity index (χ0) is 18.4. The van der Waals surface area contributed by atoms with Crippen molar-refractivity contribution < 1.29 is 29.0 Å². The predicted octanol–water partition coefficient (Wildman–Crippen LogP) is 1.87. The summed E-state index contributed by atoms with van der Waals surface area (Å²) in [4.78, 5) is 36.5.